The fraction of sp³-hybridized carbons (Fsp3) is 0.200. The van der Waals surface area contributed by atoms with Gasteiger partial charge in [-0.15, -0.1) is 0 Å². The first-order valence-electron chi connectivity index (χ1n) is 6.27. The van der Waals surface area contributed by atoms with E-state index in [0.29, 0.717) is 17.0 Å². The topological polar surface area (TPSA) is 55.4 Å². The monoisotopic (exact) mass is 369 g/mol. The zero-order chi connectivity index (χ0) is 15.6. The number of ether oxygens (including phenoxy) is 1. The van der Waals surface area contributed by atoms with Crippen molar-refractivity contribution in [2.24, 2.45) is 0 Å². The Morgan fingerprint density at radius 3 is 2.19 bits per heavy atom. The van der Waals surface area contributed by atoms with Crippen LogP contribution in [0.2, 0.25) is 0 Å². The molecule has 6 heteroatoms. The summed E-state index contributed by atoms with van der Waals surface area (Å²) in [4.78, 5) is 0.253. The number of sulfonamides is 1. The van der Waals surface area contributed by atoms with Crippen molar-refractivity contribution < 1.29 is 13.2 Å². The minimum atomic E-state index is -3.63. The van der Waals surface area contributed by atoms with Gasteiger partial charge >= 0.3 is 0 Å². The highest BCUT2D eigenvalue weighted by Gasteiger charge is 2.19. The molecule has 0 heterocycles. The van der Waals surface area contributed by atoms with Crippen LogP contribution < -0.4 is 9.46 Å². The summed E-state index contributed by atoms with van der Waals surface area (Å²) in [6.45, 7) is 3.61. The molecule has 4 nitrogen and oxygen atoms in total. The van der Waals surface area contributed by atoms with E-state index >= 15 is 0 Å². The third-order valence-electron chi connectivity index (χ3n) is 3.29. The van der Waals surface area contributed by atoms with E-state index < -0.39 is 10.0 Å². The van der Waals surface area contributed by atoms with Crippen molar-refractivity contribution in [3.63, 3.8) is 0 Å². The Bertz CT molecular complexity index is 755. The van der Waals surface area contributed by atoms with Gasteiger partial charge in [-0.2, -0.15) is 0 Å². The molecule has 2 aromatic carbocycles. The first kappa shape index (κ1) is 15.9. The van der Waals surface area contributed by atoms with Crippen molar-refractivity contribution in [3.8, 4) is 5.75 Å². The second kappa shape index (κ2) is 6.07. The number of anilines is 1. The molecule has 112 valence electrons. The summed E-state index contributed by atoms with van der Waals surface area (Å²) in [5, 5.41) is 0. The van der Waals surface area contributed by atoms with Gasteiger partial charge < -0.3 is 4.74 Å². The lowest BCUT2D eigenvalue weighted by molar-refractivity contribution is 0.411. The molecule has 0 aliphatic carbocycles. The zero-order valence-electron chi connectivity index (χ0n) is 12.0. The summed E-state index contributed by atoms with van der Waals surface area (Å²) in [5.74, 6) is 0.676. The number of nitrogens with one attached hydrogen (secondary N) is 1. The number of hydrogen-bond acceptors (Lipinski definition) is 3. The molecule has 0 amide bonds. The van der Waals surface area contributed by atoms with Crippen LogP contribution in [0, 0.1) is 13.8 Å². The second-order valence-corrected chi connectivity index (χ2v) is 7.19. The van der Waals surface area contributed by atoms with Gasteiger partial charge in [0.2, 0.25) is 0 Å². The van der Waals surface area contributed by atoms with Gasteiger partial charge in [0.1, 0.15) is 5.75 Å². The van der Waals surface area contributed by atoms with Crippen molar-refractivity contribution in [2.45, 2.75) is 18.7 Å². The van der Waals surface area contributed by atoms with Crippen LogP contribution in [0.25, 0.3) is 0 Å². The standard InChI is InChI=1S/C15H16BrNO3S/c1-10-11(2)15(9-8-14(10)20-3)21(18,19)17-13-6-4-12(16)5-7-13/h4-9,17H,1-3H3. The number of halogens is 1. The smallest absolute Gasteiger partial charge is 0.262 e. The molecule has 2 aromatic rings. The Morgan fingerprint density at radius 1 is 1.00 bits per heavy atom. The lowest BCUT2D eigenvalue weighted by Gasteiger charge is -2.14. The van der Waals surface area contributed by atoms with Crippen LogP contribution in [-0.4, -0.2) is 15.5 Å². The third-order valence-corrected chi connectivity index (χ3v) is 5.35. The molecule has 0 saturated carbocycles. The largest absolute Gasteiger partial charge is 0.496 e. The molecule has 0 unspecified atom stereocenters. The predicted molar refractivity (Wildman–Crippen MR) is 87.4 cm³/mol. The maximum absolute atomic E-state index is 12.5. The second-order valence-electron chi connectivity index (χ2n) is 4.63. The fourth-order valence-corrected chi connectivity index (χ4v) is 3.64. The molecule has 0 atom stereocenters. The summed E-state index contributed by atoms with van der Waals surface area (Å²) in [5.41, 5.74) is 2.02. The van der Waals surface area contributed by atoms with E-state index in [0.717, 1.165) is 10.0 Å². The average Bonchev–Trinajstić information content (AvgIpc) is 2.44. The summed E-state index contributed by atoms with van der Waals surface area (Å²) >= 11 is 3.32. The van der Waals surface area contributed by atoms with E-state index in [2.05, 4.69) is 20.7 Å². The Labute approximate surface area is 133 Å². The summed E-state index contributed by atoms with van der Waals surface area (Å²) in [6.07, 6.45) is 0. The fourth-order valence-electron chi connectivity index (χ4n) is 2.01. The molecule has 0 bridgehead atoms. The van der Waals surface area contributed by atoms with E-state index in [-0.39, 0.29) is 4.90 Å². The van der Waals surface area contributed by atoms with E-state index in [1.54, 1.807) is 50.4 Å². The maximum Gasteiger partial charge on any atom is 0.262 e. The molecular formula is C15H16BrNO3S. The Morgan fingerprint density at radius 2 is 1.62 bits per heavy atom. The molecule has 0 fully saturated rings. The van der Waals surface area contributed by atoms with Crippen LogP contribution in [0.3, 0.4) is 0 Å². The van der Waals surface area contributed by atoms with E-state index in [1.807, 2.05) is 6.92 Å². The highest BCUT2D eigenvalue weighted by Crippen LogP contribution is 2.28. The van der Waals surface area contributed by atoms with Gasteiger partial charge in [-0.25, -0.2) is 8.42 Å². The van der Waals surface area contributed by atoms with Gasteiger partial charge in [0.15, 0.2) is 0 Å². The van der Waals surface area contributed by atoms with E-state index in [1.165, 1.54) is 0 Å². The van der Waals surface area contributed by atoms with Gasteiger partial charge in [-0.1, -0.05) is 15.9 Å². The zero-order valence-corrected chi connectivity index (χ0v) is 14.4. The van der Waals surface area contributed by atoms with Crippen molar-refractivity contribution in [3.05, 3.63) is 52.0 Å². The SMILES string of the molecule is COc1ccc(S(=O)(=O)Nc2ccc(Br)cc2)c(C)c1C. The van der Waals surface area contributed by atoms with Crippen LogP contribution in [0.15, 0.2) is 45.8 Å². The molecule has 0 aromatic heterocycles. The lowest BCUT2D eigenvalue weighted by Crippen LogP contribution is -2.15. The molecule has 2 rings (SSSR count). The molecule has 0 saturated heterocycles. The highest BCUT2D eigenvalue weighted by molar-refractivity contribution is 9.10. The predicted octanol–water partition coefficient (Wildman–Crippen LogP) is 3.88. The van der Waals surface area contributed by atoms with Crippen LogP contribution in [-0.2, 0) is 10.0 Å². The van der Waals surface area contributed by atoms with Gasteiger partial charge in [0.25, 0.3) is 10.0 Å². The van der Waals surface area contributed by atoms with Crippen LogP contribution in [0.4, 0.5) is 5.69 Å². The molecule has 21 heavy (non-hydrogen) atoms. The van der Waals surface area contributed by atoms with Crippen LogP contribution >= 0.6 is 15.9 Å². The molecular weight excluding hydrogens is 354 g/mol. The van der Waals surface area contributed by atoms with E-state index in [9.17, 15) is 8.42 Å². The lowest BCUT2D eigenvalue weighted by atomic mass is 10.1. The summed E-state index contributed by atoms with van der Waals surface area (Å²) in [6, 6.07) is 10.2. The van der Waals surface area contributed by atoms with Crippen molar-refractivity contribution >= 4 is 31.6 Å². The number of rotatable bonds is 4. The number of methoxy groups -OCH3 is 1. The van der Waals surface area contributed by atoms with Crippen LogP contribution in [0.1, 0.15) is 11.1 Å². The van der Waals surface area contributed by atoms with Gasteiger partial charge in [0, 0.05) is 10.2 Å². The minimum absolute atomic E-state index is 0.253. The summed E-state index contributed by atoms with van der Waals surface area (Å²) < 4.78 is 33.7. The molecule has 0 aliphatic heterocycles. The molecule has 1 N–H and O–H groups in total. The van der Waals surface area contributed by atoms with Gasteiger partial charge in [-0.05, 0) is 61.4 Å². The Hall–Kier alpha value is -1.53. The van der Waals surface area contributed by atoms with Crippen molar-refractivity contribution in [1.29, 1.82) is 0 Å². The van der Waals surface area contributed by atoms with Crippen molar-refractivity contribution in [1.82, 2.24) is 0 Å². The van der Waals surface area contributed by atoms with Gasteiger partial charge in [-0.3, -0.25) is 4.72 Å². The van der Waals surface area contributed by atoms with E-state index in [4.69, 9.17) is 4.74 Å². The average molecular weight is 370 g/mol. The molecule has 0 spiro atoms. The van der Waals surface area contributed by atoms with Gasteiger partial charge in [0.05, 0.1) is 12.0 Å². The maximum atomic E-state index is 12.5. The quantitative estimate of drug-likeness (QED) is 0.889. The minimum Gasteiger partial charge on any atom is -0.496 e. The third kappa shape index (κ3) is 3.39. The first-order chi connectivity index (χ1) is 9.85. The molecule has 0 aliphatic rings. The number of hydrogen-bond donors (Lipinski definition) is 1. The number of benzene rings is 2. The van der Waals surface area contributed by atoms with Crippen molar-refractivity contribution in [2.75, 3.05) is 11.8 Å². The highest BCUT2D eigenvalue weighted by atomic mass is 79.9. The summed E-state index contributed by atoms with van der Waals surface area (Å²) in [7, 11) is -2.06. The van der Waals surface area contributed by atoms with Crippen LogP contribution in [0.5, 0.6) is 5.75 Å². The Balaban J connectivity index is 2.40. The molecule has 0 radical (unpaired) electrons. The first-order valence-corrected chi connectivity index (χ1v) is 8.55. The normalized spacial score (nSPS) is 11.2. The Kier molecular flexibility index (Phi) is 4.58.